The van der Waals surface area contributed by atoms with Crippen molar-refractivity contribution < 1.29 is 9.15 Å². The average Bonchev–Trinajstić information content (AvgIpc) is 3.27. The predicted molar refractivity (Wildman–Crippen MR) is 158 cm³/mol. The van der Waals surface area contributed by atoms with Gasteiger partial charge in [-0.05, 0) is 46.7 Å². The number of ether oxygens (including phenoxy) is 1. The average molecular weight is 645 g/mol. The summed E-state index contributed by atoms with van der Waals surface area (Å²) >= 11 is 2.13. The third-order valence-corrected chi connectivity index (χ3v) is 7.59. The molecule has 0 spiro atoms. The zero-order valence-electron chi connectivity index (χ0n) is 20.6. The van der Waals surface area contributed by atoms with Crippen molar-refractivity contribution in [3.05, 3.63) is 80.3 Å². The molecule has 0 amide bonds. The fourth-order valence-electron chi connectivity index (χ4n) is 4.94. The van der Waals surface area contributed by atoms with Gasteiger partial charge in [0.15, 0.2) is 5.65 Å². The third-order valence-electron chi connectivity index (χ3n) is 6.84. The van der Waals surface area contributed by atoms with Crippen LogP contribution in [-0.2, 0) is 11.3 Å². The topological polar surface area (TPSA) is 112 Å². The number of morpholine rings is 1. The number of fused-ring (bicyclic) bond motifs is 2. The van der Waals surface area contributed by atoms with E-state index in [9.17, 15) is 4.79 Å². The molecule has 2 aromatic carbocycles. The number of aromatic nitrogens is 4. The van der Waals surface area contributed by atoms with Crippen molar-refractivity contribution in [2.24, 2.45) is 0 Å². The lowest BCUT2D eigenvalue weighted by Gasteiger charge is -2.26. The van der Waals surface area contributed by atoms with Gasteiger partial charge in [0.2, 0.25) is 0 Å². The summed E-state index contributed by atoms with van der Waals surface area (Å²) in [6.45, 7) is 6.23. The van der Waals surface area contributed by atoms with Gasteiger partial charge in [0.05, 0.1) is 24.0 Å². The van der Waals surface area contributed by atoms with Crippen molar-refractivity contribution in [2.45, 2.75) is 19.5 Å². The number of benzene rings is 2. The molecule has 2 N–H and O–H groups in total. The largest absolute Gasteiger partial charge is 0.424 e. The zero-order chi connectivity index (χ0) is 25.5. The molecule has 1 aliphatic heterocycles. The highest BCUT2D eigenvalue weighted by molar-refractivity contribution is 14.1. The van der Waals surface area contributed by atoms with E-state index >= 15 is 0 Å². The van der Waals surface area contributed by atoms with Crippen LogP contribution in [-0.4, -0.2) is 51.0 Å². The van der Waals surface area contributed by atoms with Gasteiger partial charge in [-0.15, -0.1) is 12.4 Å². The fourth-order valence-corrected chi connectivity index (χ4v) is 5.69. The quantitative estimate of drug-likeness (QED) is 0.275. The molecule has 196 valence electrons. The van der Waals surface area contributed by atoms with Gasteiger partial charge in [-0.2, -0.15) is 5.10 Å². The number of nitrogens with zero attached hydrogens (tertiary/aromatic N) is 5. The van der Waals surface area contributed by atoms with Gasteiger partial charge in [0, 0.05) is 30.6 Å². The van der Waals surface area contributed by atoms with Crippen molar-refractivity contribution in [3.8, 4) is 11.1 Å². The monoisotopic (exact) mass is 644 g/mol. The lowest BCUT2D eigenvalue weighted by Crippen LogP contribution is -2.35. The number of anilines is 1. The van der Waals surface area contributed by atoms with Gasteiger partial charge in [0.1, 0.15) is 27.6 Å². The molecule has 0 aliphatic carbocycles. The molecular weight excluding hydrogens is 619 g/mol. The van der Waals surface area contributed by atoms with Crippen LogP contribution in [0.3, 0.4) is 0 Å². The summed E-state index contributed by atoms with van der Waals surface area (Å²) in [5.74, 6) is 0.881. The summed E-state index contributed by atoms with van der Waals surface area (Å²) in [7, 11) is 0. The Hall–Kier alpha value is -3.06. The van der Waals surface area contributed by atoms with E-state index in [4.69, 9.17) is 20.0 Å². The van der Waals surface area contributed by atoms with E-state index in [0.717, 1.165) is 49.4 Å². The second-order valence-corrected chi connectivity index (χ2v) is 10.2. The molecule has 38 heavy (non-hydrogen) atoms. The smallest absolute Gasteiger partial charge is 0.343 e. The molecule has 0 saturated carbocycles. The van der Waals surface area contributed by atoms with E-state index in [1.54, 1.807) is 10.7 Å². The fraction of sp³-hybridized carbons (Fsp3) is 0.259. The van der Waals surface area contributed by atoms with Gasteiger partial charge in [-0.25, -0.2) is 19.4 Å². The molecule has 0 bridgehead atoms. The molecule has 1 aliphatic rings. The maximum absolute atomic E-state index is 13.1. The Bertz CT molecular complexity index is 1660. The third kappa shape index (κ3) is 4.77. The standard InChI is InChI=1S/C27H25IN6O3.ClH/c1-16(34-26-22(24(28)32-34)25(29)30-15-31-26)23-21(19-4-2-3-5-20(19)27(35)37-23)18-8-6-17(7-9-18)14-33-10-12-36-13-11-33;/h2-9,15-16H,10-14H2,1H3,(H2,29,30,31);1H. The summed E-state index contributed by atoms with van der Waals surface area (Å²) in [6.07, 6.45) is 1.42. The predicted octanol–water partition coefficient (Wildman–Crippen LogP) is 4.65. The van der Waals surface area contributed by atoms with Crippen LogP contribution in [0, 0.1) is 3.70 Å². The Morgan fingerprint density at radius 3 is 2.50 bits per heavy atom. The van der Waals surface area contributed by atoms with Crippen molar-refractivity contribution in [2.75, 3.05) is 32.0 Å². The molecule has 1 saturated heterocycles. The minimum absolute atomic E-state index is 0. The van der Waals surface area contributed by atoms with Gasteiger partial charge in [-0.1, -0.05) is 42.5 Å². The van der Waals surface area contributed by atoms with Crippen molar-refractivity contribution >= 4 is 62.6 Å². The summed E-state index contributed by atoms with van der Waals surface area (Å²) in [4.78, 5) is 24.0. The SMILES string of the molecule is CC(c1oc(=O)c2ccccc2c1-c1ccc(CN2CCOCC2)cc1)n1nc(I)c2c(N)ncnc21.Cl. The van der Waals surface area contributed by atoms with Crippen LogP contribution in [0.5, 0.6) is 0 Å². The number of rotatable bonds is 5. The highest BCUT2D eigenvalue weighted by atomic mass is 127. The molecule has 1 fully saturated rings. The first-order chi connectivity index (χ1) is 18.0. The Kier molecular flexibility index (Phi) is 7.66. The lowest BCUT2D eigenvalue weighted by molar-refractivity contribution is 0.0342. The van der Waals surface area contributed by atoms with Gasteiger partial charge >= 0.3 is 5.63 Å². The number of halogens is 2. The first-order valence-corrected chi connectivity index (χ1v) is 13.2. The molecule has 9 nitrogen and oxygen atoms in total. The van der Waals surface area contributed by atoms with E-state index in [-0.39, 0.29) is 18.0 Å². The maximum atomic E-state index is 13.1. The van der Waals surface area contributed by atoms with E-state index in [0.29, 0.717) is 31.7 Å². The lowest BCUT2D eigenvalue weighted by atomic mass is 9.95. The van der Waals surface area contributed by atoms with Crippen molar-refractivity contribution in [3.63, 3.8) is 0 Å². The molecular formula is C27H26ClIN6O3. The first-order valence-electron chi connectivity index (χ1n) is 12.1. The maximum Gasteiger partial charge on any atom is 0.343 e. The first kappa shape index (κ1) is 26.5. The van der Waals surface area contributed by atoms with Crippen LogP contribution in [0.2, 0.25) is 0 Å². The summed E-state index contributed by atoms with van der Waals surface area (Å²) in [5.41, 5.74) is 9.37. The van der Waals surface area contributed by atoms with Crippen LogP contribution < -0.4 is 11.4 Å². The number of hydrogen-bond acceptors (Lipinski definition) is 8. The highest BCUT2D eigenvalue weighted by Gasteiger charge is 2.25. The van der Waals surface area contributed by atoms with Crippen LogP contribution in [0.25, 0.3) is 32.9 Å². The zero-order valence-corrected chi connectivity index (χ0v) is 23.6. The molecule has 1 unspecified atom stereocenters. The second kappa shape index (κ2) is 11.0. The van der Waals surface area contributed by atoms with Crippen LogP contribution >= 0.6 is 35.0 Å². The molecule has 4 heterocycles. The number of nitrogens with two attached hydrogens (primary N) is 1. The van der Waals surface area contributed by atoms with Crippen LogP contribution in [0.1, 0.15) is 24.3 Å². The summed E-state index contributed by atoms with van der Waals surface area (Å²) in [5, 5.41) is 6.75. The van der Waals surface area contributed by atoms with Crippen molar-refractivity contribution in [1.29, 1.82) is 0 Å². The molecule has 1 atom stereocenters. The van der Waals surface area contributed by atoms with Gasteiger partial charge < -0.3 is 14.9 Å². The summed E-state index contributed by atoms with van der Waals surface area (Å²) < 4.78 is 13.9. The second-order valence-electron chi connectivity index (χ2n) is 9.13. The number of nitrogen functional groups attached to an aromatic ring is 1. The van der Waals surface area contributed by atoms with Crippen molar-refractivity contribution in [1.82, 2.24) is 24.6 Å². The minimum Gasteiger partial charge on any atom is -0.424 e. The van der Waals surface area contributed by atoms with Crippen LogP contribution in [0.15, 0.2) is 64.1 Å². The minimum atomic E-state index is -0.430. The summed E-state index contributed by atoms with van der Waals surface area (Å²) in [6, 6.07) is 15.6. The normalized spacial score (nSPS) is 15.0. The molecule has 0 radical (unpaired) electrons. The van der Waals surface area contributed by atoms with E-state index in [2.05, 4.69) is 61.7 Å². The number of hydrogen-bond donors (Lipinski definition) is 1. The Balaban J connectivity index is 0.00000294. The van der Waals surface area contributed by atoms with Gasteiger partial charge in [0.25, 0.3) is 0 Å². The van der Waals surface area contributed by atoms with Crippen LogP contribution in [0.4, 0.5) is 5.82 Å². The van der Waals surface area contributed by atoms with E-state index in [1.165, 1.54) is 11.9 Å². The Labute approximate surface area is 238 Å². The molecule has 11 heteroatoms. The molecule has 3 aromatic heterocycles. The molecule has 5 aromatic rings. The van der Waals surface area contributed by atoms with E-state index in [1.807, 2.05) is 25.1 Å². The highest BCUT2D eigenvalue weighted by Crippen LogP contribution is 2.37. The Morgan fingerprint density at radius 2 is 1.76 bits per heavy atom. The van der Waals surface area contributed by atoms with E-state index < -0.39 is 6.04 Å². The molecule has 6 rings (SSSR count). The van der Waals surface area contributed by atoms with Gasteiger partial charge in [-0.3, -0.25) is 4.90 Å². The Morgan fingerprint density at radius 1 is 1.05 bits per heavy atom.